The number of fused-ring (bicyclic) bond motifs is 1. The summed E-state index contributed by atoms with van der Waals surface area (Å²) in [6.45, 7) is 5.44. The molecule has 9 heteroatoms. The first-order valence-electron chi connectivity index (χ1n) is 10.7. The summed E-state index contributed by atoms with van der Waals surface area (Å²) in [4.78, 5) is 44.7. The molecular weight excluding hydrogens is 439 g/mol. The predicted octanol–water partition coefficient (Wildman–Crippen LogP) is 3.16. The summed E-state index contributed by atoms with van der Waals surface area (Å²) in [5.74, 6) is -2.37. The third-order valence-corrected chi connectivity index (χ3v) is 6.07. The van der Waals surface area contributed by atoms with E-state index in [4.69, 9.17) is 4.74 Å². The molecule has 0 bridgehead atoms. The second kappa shape index (κ2) is 8.74. The first-order valence-corrected chi connectivity index (χ1v) is 10.7. The summed E-state index contributed by atoms with van der Waals surface area (Å²) >= 11 is 0. The second-order valence-corrected chi connectivity index (χ2v) is 8.58. The van der Waals surface area contributed by atoms with E-state index in [-0.39, 0.29) is 30.2 Å². The molecule has 0 saturated carbocycles. The number of hydrogen-bond acceptors (Lipinski definition) is 5. The maximum atomic E-state index is 14.5. The monoisotopic (exact) mass is 464 g/mol. The number of hydrogen-bond donors (Lipinski definition) is 1. The molecule has 2 amide bonds. The van der Waals surface area contributed by atoms with E-state index >= 15 is 0 Å². The number of nitrogens with zero attached hydrogens (tertiary/aromatic N) is 3. The minimum absolute atomic E-state index is 0.00724. The Hall–Kier alpha value is -4.01. The van der Waals surface area contributed by atoms with Gasteiger partial charge in [0.25, 0.3) is 5.91 Å². The number of amides is 2. The SMILES string of the molecule is COC(=O)c1ncn2c1C(=O)N(c1ccc(C)c(F)c1)[C@](C)(C(=O)NCc1ccc(C)cc1)C2. The lowest BCUT2D eigenvalue weighted by molar-refractivity contribution is -0.126. The molecule has 4 rings (SSSR count). The number of aryl methyl sites for hydroxylation is 2. The quantitative estimate of drug-likeness (QED) is 0.586. The van der Waals surface area contributed by atoms with Crippen molar-refractivity contribution in [2.45, 2.75) is 39.4 Å². The van der Waals surface area contributed by atoms with Crippen LogP contribution < -0.4 is 10.2 Å². The Balaban J connectivity index is 1.76. The van der Waals surface area contributed by atoms with Crippen molar-refractivity contribution in [1.29, 1.82) is 0 Å². The zero-order valence-corrected chi connectivity index (χ0v) is 19.4. The van der Waals surface area contributed by atoms with Crippen molar-refractivity contribution in [3.63, 3.8) is 0 Å². The molecule has 1 N–H and O–H groups in total. The average molecular weight is 464 g/mol. The third kappa shape index (κ3) is 3.93. The summed E-state index contributed by atoms with van der Waals surface area (Å²) in [6.07, 6.45) is 1.33. The number of rotatable bonds is 5. The molecule has 0 radical (unpaired) electrons. The number of ether oxygens (including phenoxy) is 1. The van der Waals surface area contributed by atoms with Gasteiger partial charge in [-0.15, -0.1) is 0 Å². The molecule has 0 unspecified atom stereocenters. The van der Waals surface area contributed by atoms with Crippen LogP contribution in [-0.2, 0) is 22.6 Å². The van der Waals surface area contributed by atoms with E-state index < -0.39 is 29.1 Å². The van der Waals surface area contributed by atoms with E-state index in [0.29, 0.717) is 5.56 Å². The number of carbonyl (C=O) groups is 3. The predicted molar refractivity (Wildman–Crippen MR) is 123 cm³/mol. The van der Waals surface area contributed by atoms with Crippen LogP contribution >= 0.6 is 0 Å². The van der Waals surface area contributed by atoms with Gasteiger partial charge in [0.15, 0.2) is 5.69 Å². The third-order valence-electron chi connectivity index (χ3n) is 6.07. The molecule has 1 atom stereocenters. The first kappa shape index (κ1) is 23.2. The summed E-state index contributed by atoms with van der Waals surface area (Å²) in [6, 6.07) is 12.0. The van der Waals surface area contributed by atoms with Crippen LogP contribution in [0.4, 0.5) is 10.1 Å². The smallest absolute Gasteiger partial charge is 0.359 e. The molecule has 0 saturated heterocycles. The number of aromatic nitrogens is 2. The summed E-state index contributed by atoms with van der Waals surface area (Å²) in [7, 11) is 1.19. The van der Waals surface area contributed by atoms with Gasteiger partial charge in [0.2, 0.25) is 5.91 Å². The lowest BCUT2D eigenvalue weighted by Gasteiger charge is -2.43. The van der Waals surface area contributed by atoms with Crippen molar-refractivity contribution < 1.29 is 23.5 Å². The highest BCUT2D eigenvalue weighted by atomic mass is 19.1. The Labute approximate surface area is 196 Å². The highest BCUT2D eigenvalue weighted by molar-refractivity contribution is 6.15. The molecule has 2 aromatic carbocycles. The number of esters is 1. The second-order valence-electron chi connectivity index (χ2n) is 8.58. The molecule has 2 heterocycles. The van der Waals surface area contributed by atoms with Crippen LogP contribution in [0.15, 0.2) is 48.8 Å². The molecule has 0 aliphatic carbocycles. The van der Waals surface area contributed by atoms with Gasteiger partial charge in [-0.05, 0) is 44.0 Å². The lowest BCUT2D eigenvalue weighted by Crippen LogP contribution is -2.64. The van der Waals surface area contributed by atoms with Crippen LogP contribution in [-0.4, -0.2) is 40.0 Å². The van der Waals surface area contributed by atoms with Gasteiger partial charge in [-0.3, -0.25) is 14.5 Å². The topological polar surface area (TPSA) is 93.5 Å². The van der Waals surface area contributed by atoms with Crippen LogP contribution in [0, 0.1) is 19.7 Å². The van der Waals surface area contributed by atoms with Gasteiger partial charge in [-0.25, -0.2) is 14.2 Å². The van der Waals surface area contributed by atoms with E-state index in [2.05, 4.69) is 10.3 Å². The van der Waals surface area contributed by atoms with Gasteiger partial charge in [0.05, 0.1) is 20.0 Å². The zero-order valence-electron chi connectivity index (χ0n) is 19.4. The standard InChI is InChI=1S/C25H25FN4O4/c1-15-5-8-17(9-6-15)12-27-24(33)25(3)13-29-14-28-20(23(32)34-4)21(29)22(31)30(25)18-10-7-16(2)19(26)11-18/h5-11,14H,12-13H2,1-4H3,(H,27,33)/t25-/m0/s1. The maximum Gasteiger partial charge on any atom is 0.359 e. The van der Waals surface area contributed by atoms with Gasteiger partial charge in [0.1, 0.15) is 17.1 Å². The molecule has 3 aromatic rings. The Kier molecular flexibility index (Phi) is 5.95. The number of anilines is 1. The minimum atomic E-state index is -1.43. The van der Waals surface area contributed by atoms with Gasteiger partial charge in [-0.1, -0.05) is 35.9 Å². The van der Waals surface area contributed by atoms with Crippen LogP contribution in [0.25, 0.3) is 0 Å². The number of carbonyl (C=O) groups excluding carboxylic acids is 3. The average Bonchev–Trinajstić information content (AvgIpc) is 3.24. The van der Waals surface area contributed by atoms with E-state index in [1.807, 2.05) is 31.2 Å². The van der Waals surface area contributed by atoms with E-state index in [9.17, 15) is 18.8 Å². The minimum Gasteiger partial charge on any atom is -0.464 e. The van der Waals surface area contributed by atoms with Crippen LogP contribution in [0.1, 0.15) is 44.6 Å². The number of nitrogens with one attached hydrogen (secondary N) is 1. The number of benzene rings is 2. The fourth-order valence-corrected chi connectivity index (χ4v) is 4.08. The van der Waals surface area contributed by atoms with E-state index in [0.717, 1.165) is 11.1 Å². The molecule has 1 aliphatic rings. The fourth-order valence-electron chi connectivity index (χ4n) is 4.08. The maximum absolute atomic E-state index is 14.5. The van der Waals surface area contributed by atoms with Gasteiger partial charge < -0.3 is 14.6 Å². The molecule has 8 nitrogen and oxygen atoms in total. The Morgan fingerprint density at radius 1 is 1.18 bits per heavy atom. The lowest BCUT2D eigenvalue weighted by atomic mass is 9.93. The summed E-state index contributed by atoms with van der Waals surface area (Å²) < 4.78 is 20.7. The van der Waals surface area contributed by atoms with Crippen LogP contribution in [0.3, 0.4) is 0 Å². The summed E-state index contributed by atoms with van der Waals surface area (Å²) in [5.41, 5.74) is 0.993. The van der Waals surface area contributed by atoms with Gasteiger partial charge in [0, 0.05) is 12.2 Å². The number of imidazole rings is 1. The highest BCUT2D eigenvalue weighted by Gasteiger charge is 2.49. The summed E-state index contributed by atoms with van der Waals surface area (Å²) in [5, 5.41) is 2.89. The highest BCUT2D eigenvalue weighted by Crippen LogP contribution is 2.34. The molecular formula is C25H25FN4O4. The van der Waals surface area contributed by atoms with Gasteiger partial charge >= 0.3 is 5.97 Å². The van der Waals surface area contributed by atoms with Crippen LogP contribution in [0.5, 0.6) is 0 Å². The number of methoxy groups -OCH3 is 1. The van der Waals surface area contributed by atoms with Crippen molar-refractivity contribution in [1.82, 2.24) is 14.9 Å². The van der Waals surface area contributed by atoms with Crippen LogP contribution in [0.2, 0.25) is 0 Å². The normalized spacial score (nSPS) is 17.3. The van der Waals surface area contributed by atoms with Crippen molar-refractivity contribution in [2.24, 2.45) is 0 Å². The van der Waals surface area contributed by atoms with E-state index in [1.54, 1.807) is 19.9 Å². The first-order chi connectivity index (χ1) is 16.2. The molecule has 0 fully saturated rings. The molecule has 176 valence electrons. The largest absolute Gasteiger partial charge is 0.464 e. The molecule has 1 aliphatic heterocycles. The number of halogens is 1. The Morgan fingerprint density at radius 3 is 2.53 bits per heavy atom. The molecule has 1 aromatic heterocycles. The Morgan fingerprint density at radius 2 is 1.88 bits per heavy atom. The van der Waals surface area contributed by atoms with Gasteiger partial charge in [-0.2, -0.15) is 0 Å². The van der Waals surface area contributed by atoms with E-state index in [1.165, 1.54) is 35.0 Å². The molecule has 34 heavy (non-hydrogen) atoms. The van der Waals surface area contributed by atoms with Crippen molar-refractivity contribution in [3.05, 3.63) is 82.7 Å². The fraction of sp³-hybridized carbons (Fsp3) is 0.280. The zero-order chi connectivity index (χ0) is 24.6. The molecule has 0 spiro atoms. The van der Waals surface area contributed by atoms with Crippen molar-refractivity contribution in [2.75, 3.05) is 12.0 Å². The Bertz CT molecular complexity index is 1280. The van der Waals surface area contributed by atoms with Crippen molar-refractivity contribution in [3.8, 4) is 0 Å². The van der Waals surface area contributed by atoms with Crippen molar-refractivity contribution >= 4 is 23.5 Å².